The Morgan fingerprint density at radius 2 is 1.31 bits per heavy atom. The van der Waals surface area contributed by atoms with E-state index in [9.17, 15) is 48.3 Å². The number of hydrogen-bond donors (Lipinski definition) is 13. The third kappa shape index (κ3) is 17.4. The van der Waals surface area contributed by atoms with Crippen molar-refractivity contribution < 1.29 is 48.3 Å². The molecule has 1 aromatic heterocycles. The van der Waals surface area contributed by atoms with Crippen LogP contribution in [0.3, 0.4) is 0 Å². The zero-order chi connectivity index (χ0) is 53.1. The summed E-state index contributed by atoms with van der Waals surface area (Å²) in [6.45, 7) is 5.50. The maximum Gasteiger partial charge on any atom is 0.327 e. The number of aromatic nitrogens is 2. The molecular weight excluding hydrogens is 973 g/mol. The van der Waals surface area contributed by atoms with Crippen LogP contribution < -0.4 is 49.1 Å². The van der Waals surface area contributed by atoms with Crippen LogP contribution in [0.2, 0.25) is 0 Å². The fourth-order valence-corrected chi connectivity index (χ4v) is 8.79. The molecule has 9 atom stereocenters. The number of carbonyl (C=O) groups is 9. The highest BCUT2D eigenvalue weighted by atomic mass is 32.1. The number of nitrogens with two attached hydrogens (primary N) is 3. The number of likely N-dealkylation sites (tertiary alicyclic amines) is 2. The van der Waals surface area contributed by atoms with Crippen molar-refractivity contribution in [1.82, 2.24) is 51.7 Å². The number of benzene rings is 1. The molecule has 8 amide bonds. The van der Waals surface area contributed by atoms with Gasteiger partial charge >= 0.3 is 5.97 Å². The lowest BCUT2D eigenvalue weighted by Crippen LogP contribution is -2.60. The molecular formula is C46H70N14O10S2. The molecule has 0 spiro atoms. The molecule has 0 radical (unpaired) electrons. The Kier molecular flexibility index (Phi) is 23.1. The number of aromatic amines is 1. The van der Waals surface area contributed by atoms with Crippen LogP contribution in [-0.2, 0) is 56.0 Å². The SMILES string of the molecule is CC(C)C[C@H](NC(=O)[C@H](CCCN=C(N)N)NC(=O)[C@@H]1CCCN1C(=O)[C@H](Cc1cnc[nH]1)NC(=O)[C@@H](N)CS)C(=O)N1CCC[C@H]1C(=O)N[C@@H](Cc1ccccc1)C(=O)N[C@@H](C)C(=O)N[C@@H](CS)C(=O)O. The van der Waals surface area contributed by atoms with E-state index in [1.807, 2.05) is 13.8 Å². The molecule has 72 heavy (non-hydrogen) atoms. The molecule has 26 heteroatoms. The number of rotatable bonds is 27. The zero-order valence-corrected chi connectivity index (χ0v) is 42.5. The number of H-pyrrole nitrogens is 1. The lowest BCUT2D eigenvalue weighted by molar-refractivity contribution is -0.143. The number of amides is 8. The van der Waals surface area contributed by atoms with Crippen molar-refractivity contribution in [2.75, 3.05) is 31.1 Å². The van der Waals surface area contributed by atoms with Crippen molar-refractivity contribution in [2.45, 2.75) is 133 Å². The van der Waals surface area contributed by atoms with Crippen LogP contribution in [0.4, 0.5) is 0 Å². The number of nitrogens with zero attached hydrogens (tertiary/aromatic N) is 4. The van der Waals surface area contributed by atoms with Crippen molar-refractivity contribution in [2.24, 2.45) is 28.1 Å². The molecule has 3 heterocycles. The number of carboxylic acids is 1. The number of hydrogen-bond acceptors (Lipinski definition) is 14. The van der Waals surface area contributed by atoms with E-state index in [0.717, 1.165) is 0 Å². The Morgan fingerprint density at radius 3 is 1.85 bits per heavy atom. The zero-order valence-electron chi connectivity index (χ0n) is 40.8. The first-order valence-electron chi connectivity index (χ1n) is 23.9. The van der Waals surface area contributed by atoms with Gasteiger partial charge in [0.15, 0.2) is 5.96 Å². The summed E-state index contributed by atoms with van der Waals surface area (Å²) in [5.41, 5.74) is 18.2. The maximum absolute atomic E-state index is 14.6. The van der Waals surface area contributed by atoms with E-state index in [2.05, 4.69) is 72.1 Å². The molecule has 396 valence electrons. The van der Waals surface area contributed by atoms with Gasteiger partial charge in [-0.2, -0.15) is 25.3 Å². The van der Waals surface area contributed by atoms with Gasteiger partial charge in [0.05, 0.1) is 12.4 Å². The lowest BCUT2D eigenvalue weighted by Gasteiger charge is -2.32. The molecule has 2 fully saturated rings. The van der Waals surface area contributed by atoms with Crippen molar-refractivity contribution in [1.29, 1.82) is 0 Å². The highest BCUT2D eigenvalue weighted by molar-refractivity contribution is 7.80. The third-order valence-corrected chi connectivity index (χ3v) is 12.9. The van der Waals surface area contributed by atoms with Crippen molar-refractivity contribution in [3.05, 3.63) is 54.1 Å². The molecule has 2 saturated heterocycles. The molecule has 0 unspecified atom stereocenters. The Labute approximate surface area is 429 Å². The summed E-state index contributed by atoms with van der Waals surface area (Å²) in [5, 5.41) is 25.3. The smallest absolute Gasteiger partial charge is 0.327 e. The summed E-state index contributed by atoms with van der Waals surface area (Å²) in [4.78, 5) is 136. The van der Waals surface area contributed by atoms with Gasteiger partial charge < -0.3 is 69.0 Å². The fraction of sp³-hybridized carbons (Fsp3) is 0.587. The minimum Gasteiger partial charge on any atom is -0.480 e. The first-order chi connectivity index (χ1) is 34.2. The summed E-state index contributed by atoms with van der Waals surface area (Å²) in [6, 6.07) is -1.58. The summed E-state index contributed by atoms with van der Waals surface area (Å²) in [7, 11) is 0. The summed E-state index contributed by atoms with van der Waals surface area (Å²) in [6.07, 6.45) is 4.69. The highest BCUT2D eigenvalue weighted by Crippen LogP contribution is 2.23. The second-order valence-corrected chi connectivity index (χ2v) is 19.0. The molecule has 1 aromatic carbocycles. The average Bonchev–Trinajstić information content (AvgIpc) is 4.16. The van der Waals surface area contributed by atoms with E-state index in [1.54, 1.807) is 30.3 Å². The second kappa shape index (κ2) is 28.6. The molecule has 0 aliphatic carbocycles. The number of aliphatic carboxylic acids is 1. The van der Waals surface area contributed by atoms with Gasteiger partial charge in [0.2, 0.25) is 47.3 Å². The number of aliphatic imine (C=N–C) groups is 1. The quantitative estimate of drug-likeness (QED) is 0.0190. The summed E-state index contributed by atoms with van der Waals surface area (Å²) >= 11 is 8.06. The van der Waals surface area contributed by atoms with Crippen LogP contribution in [0.5, 0.6) is 0 Å². The number of guanidine groups is 1. The number of nitrogens with one attached hydrogen (secondary N) is 7. The Bertz CT molecular complexity index is 2220. The molecule has 0 saturated carbocycles. The van der Waals surface area contributed by atoms with Crippen LogP contribution in [0, 0.1) is 5.92 Å². The van der Waals surface area contributed by atoms with Crippen LogP contribution >= 0.6 is 25.3 Å². The first kappa shape index (κ1) is 58.2. The first-order valence-corrected chi connectivity index (χ1v) is 25.2. The number of carbonyl (C=O) groups excluding carboxylic acids is 8. The van der Waals surface area contributed by atoms with Crippen molar-refractivity contribution in [3.8, 4) is 0 Å². The van der Waals surface area contributed by atoms with E-state index < -0.39 is 108 Å². The average molecular weight is 1040 g/mol. The molecule has 2 aliphatic rings. The predicted octanol–water partition coefficient (Wildman–Crippen LogP) is -2.52. The minimum absolute atomic E-state index is 0.00432. The number of thiol groups is 2. The monoisotopic (exact) mass is 1040 g/mol. The van der Waals surface area contributed by atoms with Gasteiger partial charge in [-0.15, -0.1) is 0 Å². The minimum atomic E-state index is -1.31. The second-order valence-electron chi connectivity index (χ2n) is 18.3. The van der Waals surface area contributed by atoms with Crippen molar-refractivity contribution in [3.63, 3.8) is 0 Å². The molecule has 2 aliphatic heterocycles. The van der Waals surface area contributed by atoms with Gasteiger partial charge in [0.25, 0.3) is 0 Å². The van der Waals surface area contributed by atoms with E-state index in [0.29, 0.717) is 24.1 Å². The van der Waals surface area contributed by atoms with Crippen molar-refractivity contribution >= 4 is 84.4 Å². The highest BCUT2D eigenvalue weighted by Gasteiger charge is 2.42. The summed E-state index contributed by atoms with van der Waals surface area (Å²) in [5.74, 6) is -7.05. The van der Waals surface area contributed by atoms with Gasteiger partial charge in [-0.3, -0.25) is 43.3 Å². The van der Waals surface area contributed by atoms with E-state index in [1.165, 1.54) is 29.2 Å². The van der Waals surface area contributed by atoms with Gasteiger partial charge in [-0.25, -0.2) is 9.78 Å². The molecule has 4 rings (SSSR count). The largest absolute Gasteiger partial charge is 0.480 e. The van der Waals surface area contributed by atoms with E-state index in [4.69, 9.17) is 17.2 Å². The topological polar surface area (TPSA) is 372 Å². The Morgan fingerprint density at radius 1 is 0.736 bits per heavy atom. The maximum atomic E-state index is 14.6. The van der Waals surface area contributed by atoms with Crippen LogP contribution in [-0.4, -0.2) is 170 Å². The molecule has 2 aromatic rings. The fourth-order valence-electron chi connectivity index (χ4n) is 8.38. The van der Waals surface area contributed by atoms with Crippen LogP contribution in [0.15, 0.2) is 47.8 Å². The summed E-state index contributed by atoms with van der Waals surface area (Å²) < 4.78 is 0. The van der Waals surface area contributed by atoms with Gasteiger partial charge in [0, 0.05) is 55.9 Å². The standard InChI is InChI=1S/C46H70N14O10S2/c1-25(2)18-32(43(67)59-16-9-14-36(59)42(66)55-31(19-27-10-5-4-6-11-27)40(64)53-26(3)37(61)58-34(23-72)45(69)70)57-39(63)30(12-7-15-51-46(48)49)54-41(65)35-13-8-17-60(35)44(68)33(20-28-21-50-24-52-28)56-38(62)29(47)22-71/h4-6,10-11,21,24-26,29-36,71-72H,7-9,12-20,22-23,47H2,1-3H3,(H,50,52)(H,53,64)(H,54,65)(H,55,66)(H,56,62)(H,57,63)(H,58,61)(H,69,70)(H4,48,49,51)/t26-,29-,30-,31-,32-,33-,34-,35-,36-/m0/s1. The predicted molar refractivity (Wildman–Crippen MR) is 272 cm³/mol. The lowest BCUT2D eigenvalue weighted by atomic mass is 10.0. The van der Waals surface area contributed by atoms with Crippen LogP contribution in [0.1, 0.15) is 77.0 Å². The van der Waals surface area contributed by atoms with Gasteiger partial charge in [-0.1, -0.05) is 44.2 Å². The van der Waals surface area contributed by atoms with Crippen LogP contribution in [0.25, 0.3) is 0 Å². The number of imidazole rings is 1. The van der Waals surface area contributed by atoms with E-state index >= 15 is 0 Å². The normalized spacial score (nSPS) is 18.3. The molecule has 0 bridgehead atoms. The Balaban J connectivity index is 1.53. The molecule has 14 N–H and O–H groups in total. The van der Waals surface area contributed by atoms with Gasteiger partial charge in [0.1, 0.15) is 48.3 Å². The Hall–Kier alpha value is -6.41. The van der Waals surface area contributed by atoms with E-state index in [-0.39, 0.29) is 88.0 Å². The molecule has 24 nitrogen and oxygen atoms in total. The third-order valence-electron chi connectivity index (χ3n) is 12.2. The number of carboxylic acid groups (broad SMARTS) is 1. The van der Waals surface area contributed by atoms with Gasteiger partial charge in [-0.05, 0) is 63.4 Å².